The van der Waals surface area contributed by atoms with Crippen LogP contribution in [0.3, 0.4) is 0 Å². The number of hydrogen-bond acceptors (Lipinski definition) is 7. The van der Waals surface area contributed by atoms with Gasteiger partial charge in [-0.1, -0.05) is 12.8 Å². The molecule has 1 aromatic carbocycles. The van der Waals surface area contributed by atoms with Crippen LogP contribution in [0.15, 0.2) is 24.3 Å². The Balaban J connectivity index is 1.25. The molecule has 6 rings (SSSR count). The number of carbonyl (C=O) groups excluding carboxylic acids is 2. The van der Waals surface area contributed by atoms with Crippen molar-refractivity contribution in [1.82, 2.24) is 0 Å². The summed E-state index contributed by atoms with van der Waals surface area (Å²) in [4.78, 5) is 25.0. The van der Waals surface area contributed by atoms with Crippen molar-refractivity contribution in [3.63, 3.8) is 0 Å². The third-order valence-electron chi connectivity index (χ3n) is 7.93. The first kappa shape index (κ1) is 22.6. The van der Waals surface area contributed by atoms with Gasteiger partial charge < -0.3 is 29.0 Å². The molecule has 1 aromatic rings. The molecule has 8 nitrogen and oxygen atoms in total. The van der Waals surface area contributed by atoms with E-state index in [1.165, 1.54) is 13.3 Å². The summed E-state index contributed by atoms with van der Waals surface area (Å²) in [5.41, 5.74) is 1.19. The second kappa shape index (κ2) is 8.68. The van der Waals surface area contributed by atoms with Crippen molar-refractivity contribution in [3.8, 4) is 0 Å². The molecule has 5 fully saturated rings. The van der Waals surface area contributed by atoms with Gasteiger partial charge in [0.1, 0.15) is 18.3 Å². The van der Waals surface area contributed by atoms with E-state index in [2.05, 4.69) is 5.32 Å². The van der Waals surface area contributed by atoms with E-state index in [0.717, 1.165) is 57.8 Å². The van der Waals surface area contributed by atoms with Crippen LogP contribution in [0, 0.1) is 0 Å². The SMILES string of the molecule is CC(=O)c1ccc(NC(=O)[C@@H]2O[C@@H]3OC4(CCCCC4)O[C@@H]3[C@@H]3OC4(CCCCC4)O[C@H]32)cc1. The van der Waals surface area contributed by atoms with E-state index in [1.807, 2.05) is 0 Å². The average Bonchev–Trinajstić information content (AvgIpc) is 3.37. The molecule has 1 amide bonds. The molecule has 8 heteroatoms. The average molecular weight is 472 g/mol. The molecule has 0 aromatic heterocycles. The van der Waals surface area contributed by atoms with Gasteiger partial charge in [-0.2, -0.15) is 0 Å². The second-order valence-electron chi connectivity index (χ2n) is 10.4. The van der Waals surface area contributed by atoms with Crippen LogP contribution in [0.4, 0.5) is 5.69 Å². The number of Topliss-reactive ketones (excluding diaryl/α,β-unsaturated/α-hetero) is 1. The van der Waals surface area contributed by atoms with Crippen LogP contribution in [0.25, 0.3) is 0 Å². The van der Waals surface area contributed by atoms with E-state index in [9.17, 15) is 9.59 Å². The highest BCUT2D eigenvalue weighted by Crippen LogP contribution is 2.51. The molecular weight excluding hydrogens is 438 g/mol. The van der Waals surface area contributed by atoms with Gasteiger partial charge in [-0.05, 0) is 56.9 Å². The van der Waals surface area contributed by atoms with Crippen LogP contribution >= 0.6 is 0 Å². The molecule has 34 heavy (non-hydrogen) atoms. The van der Waals surface area contributed by atoms with Crippen LogP contribution < -0.4 is 5.32 Å². The smallest absolute Gasteiger partial charge is 0.256 e. The van der Waals surface area contributed by atoms with Gasteiger partial charge in [0.15, 0.2) is 29.8 Å². The molecule has 0 unspecified atom stereocenters. The Bertz CT molecular complexity index is 935. The van der Waals surface area contributed by atoms with Crippen LogP contribution in [-0.4, -0.2) is 54.0 Å². The van der Waals surface area contributed by atoms with Gasteiger partial charge in [0.25, 0.3) is 5.91 Å². The highest BCUT2D eigenvalue weighted by molar-refractivity contribution is 5.97. The van der Waals surface area contributed by atoms with E-state index in [4.69, 9.17) is 23.7 Å². The summed E-state index contributed by atoms with van der Waals surface area (Å²) in [6.07, 6.45) is 6.82. The van der Waals surface area contributed by atoms with Gasteiger partial charge in [0.05, 0.1) is 0 Å². The topological polar surface area (TPSA) is 92.3 Å². The lowest BCUT2D eigenvalue weighted by Crippen LogP contribution is -2.58. The number of amides is 1. The number of anilines is 1. The minimum absolute atomic E-state index is 0.0216. The fourth-order valence-corrected chi connectivity index (χ4v) is 6.17. The Kier molecular flexibility index (Phi) is 5.77. The normalized spacial score (nSPS) is 35.6. The Morgan fingerprint density at radius 2 is 1.32 bits per heavy atom. The van der Waals surface area contributed by atoms with E-state index < -0.39 is 42.3 Å². The van der Waals surface area contributed by atoms with Gasteiger partial charge in [0, 0.05) is 36.9 Å². The summed E-state index contributed by atoms with van der Waals surface area (Å²) < 4.78 is 32.2. The zero-order valence-electron chi connectivity index (χ0n) is 19.6. The summed E-state index contributed by atoms with van der Waals surface area (Å²) in [6.45, 7) is 1.52. The number of ketones is 1. The Morgan fingerprint density at radius 1 is 0.765 bits per heavy atom. The fourth-order valence-electron chi connectivity index (χ4n) is 6.17. The molecule has 3 aliphatic heterocycles. The minimum atomic E-state index is -0.887. The maximum Gasteiger partial charge on any atom is 0.256 e. The van der Waals surface area contributed by atoms with E-state index in [-0.39, 0.29) is 11.7 Å². The van der Waals surface area contributed by atoms with Crippen LogP contribution in [0.2, 0.25) is 0 Å². The molecule has 5 aliphatic rings. The quantitative estimate of drug-likeness (QED) is 0.664. The number of carbonyl (C=O) groups is 2. The highest BCUT2D eigenvalue weighted by Gasteiger charge is 2.65. The Hall–Kier alpha value is -1.84. The third-order valence-corrected chi connectivity index (χ3v) is 7.93. The van der Waals surface area contributed by atoms with Crippen molar-refractivity contribution in [2.24, 2.45) is 0 Å². The van der Waals surface area contributed by atoms with E-state index >= 15 is 0 Å². The molecule has 0 radical (unpaired) electrons. The van der Waals surface area contributed by atoms with Crippen molar-refractivity contribution in [1.29, 1.82) is 0 Å². The maximum absolute atomic E-state index is 13.4. The van der Waals surface area contributed by atoms with E-state index in [0.29, 0.717) is 11.3 Å². The molecule has 1 N–H and O–H groups in total. The highest BCUT2D eigenvalue weighted by atomic mass is 16.9. The maximum atomic E-state index is 13.4. The first-order valence-corrected chi connectivity index (χ1v) is 12.7. The van der Waals surface area contributed by atoms with Gasteiger partial charge in [0.2, 0.25) is 0 Å². The third kappa shape index (κ3) is 3.99. The lowest BCUT2D eigenvalue weighted by Gasteiger charge is -2.36. The number of rotatable bonds is 3. The molecular formula is C26H33NO7. The molecule has 2 saturated carbocycles. The first-order chi connectivity index (χ1) is 16.5. The Labute approximate surface area is 199 Å². The molecule has 3 saturated heterocycles. The van der Waals surface area contributed by atoms with Crippen molar-refractivity contribution in [2.45, 2.75) is 113 Å². The molecule has 5 atom stereocenters. The zero-order valence-corrected chi connectivity index (χ0v) is 19.6. The van der Waals surface area contributed by atoms with Crippen LogP contribution in [0.5, 0.6) is 0 Å². The summed E-state index contributed by atoms with van der Waals surface area (Å²) in [7, 11) is 0. The molecule has 2 aliphatic carbocycles. The van der Waals surface area contributed by atoms with Crippen molar-refractivity contribution >= 4 is 17.4 Å². The van der Waals surface area contributed by atoms with E-state index in [1.54, 1.807) is 24.3 Å². The number of benzene rings is 1. The Morgan fingerprint density at radius 3 is 1.94 bits per heavy atom. The van der Waals surface area contributed by atoms with Crippen LogP contribution in [0.1, 0.15) is 81.5 Å². The lowest BCUT2D eigenvalue weighted by molar-refractivity contribution is -0.246. The van der Waals surface area contributed by atoms with Crippen molar-refractivity contribution < 1.29 is 33.3 Å². The summed E-state index contributed by atoms with van der Waals surface area (Å²) in [5, 5.41) is 2.93. The minimum Gasteiger partial charge on any atom is -0.341 e. The zero-order chi connectivity index (χ0) is 23.3. The predicted octanol–water partition coefficient (Wildman–Crippen LogP) is 4.07. The fraction of sp³-hybridized carbons (Fsp3) is 0.692. The molecule has 184 valence electrons. The first-order valence-electron chi connectivity index (χ1n) is 12.7. The predicted molar refractivity (Wildman–Crippen MR) is 121 cm³/mol. The van der Waals surface area contributed by atoms with Gasteiger partial charge in [-0.3, -0.25) is 9.59 Å². The number of ether oxygens (including phenoxy) is 5. The second-order valence-corrected chi connectivity index (χ2v) is 10.4. The van der Waals surface area contributed by atoms with Crippen molar-refractivity contribution in [2.75, 3.05) is 5.32 Å². The number of hydrogen-bond donors (Lipinski definition) is 1. The molecule has 0 bridgehead atoms. The standard InChI is InChI=1S/C26H33NO7/c1-16(28)17-8-10-18(11-9-17)27-23(29)21-19-20(32-25(31-19)12-4-2-5-13-25)22-24(30-21)34-26(33-22)14-6-3-7-15-26/h8-11,19-22,24H,2-7,12-15H2,1H3,(H,27,29)/t19-,20-,21-,22-,24-/m1/s1. The van der Waals surface area contributed by atoms with Crippen LogP contribution in [-0.2, 0) is 28.5 Å². The largest absolute Gasteiger partial charge is 0.341 e. The molecule has 3 heterocycles. The van der Waals surface area contributed by atoms with Gasteiger partial charge in [-0.15, -0.1) is 0 Å². The lowest BCUT2D eigenvalue weighted by atomic mass is 9.94. The summed E-state index contributed by atoms with van der Waals surface area (Å²) in [5.74, 6) is -1.67. The molecule has 2 spiro atoms. The monoisotopic (exact) mass is 471 g/mol. The number of nitrogens with one attached hydrogen (secondary N) is 1. The summed E-state index contributed by atoms with van der Waals surface area (Å²) >= 11 is 0. The summed E-state index contributed by atoms with van der Waals surface area (Å²) in [6, 6.07) is 6.84. The number of fused-ring (bicyclic) bond motifs is 3. The van der Waals surface area contributed by atoms with Crippen molar-refractivity contribution in [3.05, 3.63) is 29.8 Å². The van der Waals surface area contributed by atoms with Gasteiger partial charge >= 0.3 is 0 Å². The van der Waals surface area contributed by atoms with Gasteiger partial charge in [-0.25, -0.2) is 0 Å².